The summed E-state index contributed by atoms with van der Waals surface area (Å²) in [6, 6.07) is 0. The molecule has 5 nitrogen and oxygen atoms in total. The maximum atomic E-state index is 11.1. The van der Waals surface area contributed by atoms with E-state index in [1.807, 2.05) is 0 Å². The van der Waals surface area contributed by atoms with Crippen LogP contribution in [0.3, 0.4) is 0 Å². The number of rotatable bonds is 3. The van der Waals surface area contributed by atoms with Crippen LogP contribution < -0.4 is 0 Å². The first-order chi connectivity index (χ1) is 6.30. The fraction of sp³-hybridized carbons (Fsp3) is 0.429. The van der Waals surface area contributed by atoms with Crippen LogP contribution in [0.2, 0.25) is 0 Å². The van der Waals surface area contributed by atoms with E-state index in [4.69, 9.17) is 5.11 Å². The lowest BCUT2D eigenvalue weighted by Gasteiger charge is -1.89. The molecule has 0 atom stereocenters. The van der Waals surface area contributed by atoms with Crippen molar-refractivity contribution in [1.29, 1.82) is 0 Å². The standard InChI is InChI=1S/C7H9NO4S2/c1-4-5(3-6(9)10)13-7(8-4)14(2,11)12/h3H2,1-2H3,(H,9,10). The van der Waals surface area contributed by atoms with Crippen molar-refractivity contribution in [2.75, 3.05) is 6.26 Å². The summed E-state index contributed by atoms with van der Waals surface area (Å²) in [7, 11) is -3.33. The molecule has 0 aliphatic heterocycles. The van der Waals surface area contributed by atoms with E-state index in [9.17, 15) is 13.2 Å². The molecule has 0 aromatic carbocycles. The van der Waals surface area contributed by atoms with Crippen LogP contribution in [0.25, 0.3) is 0 Å². The lowest BCUT2D eigenvalue weighted by molar-refractivity contribution is -0.136. The predicted octanol–water partition coefficient (Wildman–Crippen LogP) is 0.482. The molecular weight excluding hydrogens is 226 g/mol. The summed E-state index contributed by atoms with van der Waals surface area (Å²) in [5, 5.41) is 8.53. The molecule has 7 heteroatoms. The Balaban J connectivity index is 3.12. The topological polar surface area (TPSA) is 84.3 Å². The minimum Gasteiger partial charge on any atom is -0.481 e. The molecule has 1 aromatic rings. The summed E-state index contributed by atoms with van der Waals surface area (Å²) >= 11 is 0.915. The molecule has 0 spiro atoms. The van der Waals surface area contributed by atoms with Gasteiger partial charge in [-0.3, -0.25) is 4.79 Å². The van der Waals surface area contributed by atoms with E-state index in [-0.39, 0.29) is 10.8 Å². The Hall–Kier alpha value is -0.950. The van der Waals surface area contributed by atoms with Gasteiger partial charge >= 0.3 is 5.97 Å². The summed E-state index contributed by atoms with van der Waals surface area (Å²) in [5.41, 5.74) is 0.470. The summed E-state index contributed by atoms with van der Waals surface area (Å²) in [6.45, 7) is 1.60. The fourth-order valence-corrected chi connectivity index (χ4v) is 2.85. The molecular formula is C7H9NO4S2. The molecule has 0 radical (unpaired) electrons. The van der Waals surface area contributed by atoms with Crippen LogP contribution in [-0.2, 0) is 21.1 Å². The number of hydrogen-bond acceptors (Lipinski definition) is 5. The van der Waals surface area contributed by atoms with Gasteiger partial charge in [0.1, 0.15) is 0 Å². The van der Waals surface area contributed by atoms with Gasteiger partial charge in [0.2, 0.25) is 14.2 Å². The predicted molar refractivity (Wildman–Crippen MR) is 51.3 cm³/mol. The largest absolute Gasteiger partial charge is 0.481 e. The Morgan fingerprint density at radius 1 is 1.57 bits per heavy atom. The third kappa shape index (κ3) is 2.52. The first kappa shape index (κ1) is 11.1. The zero-order valence-corrected chi connectivity index (χ0v) is 9.28. The van der Waals surface area contributed by atoms with Crippen molar-refractivity contribution >= 4 is 27.1 Å². The average molecular weight is 235 g/mol. The highest BCUT2D eigenvalue weighted by atomic mass is 32.2. The lowest BCUT2D eigenvalue weighted by Crippen LogP contribution is -1.99. The van der Waals surface area contributed by atoms with E-state index >= 15 is 0 Å². The fourth-order valence-electron chi connectivity index (χ4n) is 0.861. The van der Waals surface area contributed by atoms with Gasteiger partial charge in [-0.05, 0) is 6.92 Å². The number of carboxylic acid groups (broad SMARTS) is 1. The zero-order valence-electron chi connectivity index (χ0n) is 7.64. The Morgan fingerprint density at radius 3 is 2.50 bits per heavy atom. The van der Waals surface area contributed by atoms with Gasteiger partial charge in [-0.2, -0.15) is 0 Å². The second-order valence-corrected chi connectivity index (χ2v) is 6.10. The monoisotopic (exact) mass is 235 g/mol. The molecule has 0 bridgehead atoms. The van der Waals surface area contributed by atoms with E-state index in [0.717, 1.165) is 17.6 Å². The van der Waals surface area contributed by atoms with Gasteiger partial charge in [-0.25, -0.2) is 13.4 Å². The molecule has 1 N–H and O–H groups in total. The molecule has 1 heterocycles. The highest BCUT2D eigenvalue weighted by Gasteiger charge is 2.17. The number of hydrogen-bond donors (Lipinski definition) is 1. The maximum Gasteiger partial charge on any atom is 0.308 e. The van der Waals surface area contributed by atoms with Crippen molar-refractivity contribution in [3.63, 3.8) is 0 Å². The summed E-state index contributed by atoms with van der Waals surface area (Å²) < 4.78 is 22.1. The number of aliphatic carboxylic acids is 1. The average Bonchev–Trinajstić information content (AvgIpc) is 2.30. The first-order valence-electron chi connectivity index (χ1n) is 3.69. The lowest BCUT2D eigenvalue weighted by atomic mass is 10.3. The first-order valence-corrected chi connectivity index (χ1v) is 6.39. The van der Waals surface area contributed by atoms with Gasteiger partial charge in [0.25, 0.3) is 0 Å². The maximum absolute atomic E-state index is 11.1. The van der Waals surface area contributed by atoms with Crippen LogP contribution >= 0.6 is 11.3 Å². The molecule has 0 aliphatic carbocycles. The molecule has 0 unspecified atom stereocenters. The van der Waals surface area contributed by atoms with Crippen LogP contribution in [0, 0.1) is 6.92 Å². The van der Waals surface area contributed by atoms with Crippen molar-refractivity contribution in [2.24, 2.45) is 0 Å². The van der Waals surface area contributed by atoms with E-state index < -0.39 is 15.8 Å². The molecule has 1 rings (SSSR count). The van der Waals surface area contributed by atoms with Crippen LogP contribution in [0.1, 0.15) is 10.6 Å². The number of thiazole rings is 1. The Bertz CT molecular complexity index is 460. The SMILES string of the molecule is Cc1nc(S(C)(=O)=O)sc1CC(=O)O. The summed E-state index contributed by atoms with van der Waals surface area (Å²) in [4.78, 5) is 14.7. The zero-order chi connectivity index (χ0) is 10.9. The van der Waals surface area contributed by atoms with Gasteiger partial charge in [0.05, 0.1) is 12.1 Å². The number of nitrogens with zero attached hydrogens (tertiary/aromatic N) is 1. The smallest absolute Gasteiger partial charge is 0.308 e. The van der Waals surface area contributed by atoms with Gasteiger partial charge in [-0.15, -0.1) is 11.3 Å². The Labute approximate surface area is 85.3 Å². The van der Waals surface area contributed by atoms with E-state index in [1.165, 1.54) is 0 Å². The van der Waals surface area contributed by atoms with Crippen molar-refractivity contribution in [3.8, 4) is 0 Å². The molecule has 0 saturated heterocycles. The number of aromatic nitrogens is 1. The summed E-state index contributed by atoms with van der Waals surface area (Å²) in [6.07, 6.45) is 0.870. The van der Waals surface area contributed by atoms with Crippen LogP contribution in [0.5, 0.6) is 0 Å². The molecule has 14 heavy (non-hydrogen) atoms. The van der Waals surface area contributed by atoms with E-state index in [2.05, 4.69) is 4.98 Å². The number of aryl methyl sites for hydroxylation is 1. The number of carboxylic acids is 1. The third-order valence-electron chi connectivity index (χ3n) is 1.50. The van der Waals surface area contributed by atoms with Gasteiger partial charge in [-0.1, -0.05) is 0 Å². The quantitative estimate of drug-likeness (QED) is 0.823. The molecule has 0 amide bonds. The van der Waals surface area contributed by atoms with Gasteiger partial charge < -0.3 is 5.11 Å². The van der Waals surface area contributed by atoms with Crippen molar-refractivity contribution in [3.05, 3.63) is 10.6 Å². The Kier molecular flexibility index (Phi) is 2.91. The van der Waals surface area contributed by atoms with E-state index in [1.54, 1.807) is 6.92 Å². The van der Waals surface area contributed by atoms with Crippen LogP contribution in [-0.4, -0.2) is 30.7 Å². The minimum atomic E-state index is -3.33. The van der Waals surface area contributed by atoms with Gasteiger partial charge in [0.15, 0.2) is 0 Å². The molecule has 78 valence electrons. The van der Waals surface area contributed by atoms with Crippen molar-refractivity contribution in [2.45, 2.75) is 17.7 Å². The van der Waals surface area contributed by atoms with Crippen molar-refractivity contribution < 1.29 is 18.3 Å². The molecule has 1 aromatic heterocycles. The van der Waals surface area contributed by atoms with E-state index in [0.29, 0.717) is 10.6 Å². The highest BCUT2D eigenvalue weighted by Crippen LogP contribution is 2.22. The Morgan fingerprint density at radius 2 is 2.14 bits per heavy atom. The van der Waals surface area contributed by atoms with Crippen LogP contribution in [0.4, 0.5) is 0 Å². The number of sulfone groups is 1. The summed E-state index contributed by atoms with van der Waals surface area (Å²) in [5.74, 6) is -0.989. The van der Waals surface area contributed by atoms with Crippen molar-refractivity contribution in [1.82, 2.24) is 4.98 Å². The highest BCUT2D eigenvalue weighted by molar-refractivity contribution is 7.92. The van der Waals surface area contributed by atoms with Gasteiger partial charge in [0, 0.05) is 11.1 Å². The second kappa shape index (κ2) is 3.66. The second-order valence-electron chi connectivity index (χ2n) is 2.83. The van der Waals surface area contributed by atoms with Crippen LogP contribution in [0.15, 0.2) is 4.34 Å². The molecule has 0 fully saturated rings. The minimum absolute atomic E-state index is 0.0220. The molecule has 0 saturated carbocycles. The third-order valence-corrected chi connectivity index (χ3v) is 4.34. The number of carbonyl (C=O) groups is 1. The molecule has 0 aliphatic rings. The normalized spacial score (nSPS) is 11.6.